The standard InChI is InChI=1S/C19H19ClN2O4S/c1-11-15(19(25)26-4)17(27-16(11)18(24)22(2)3)21-14(23)9-8-12-6-5-7-13(20)10-12/h5-10H,1-4H3,(H,21,23)/b9-8+. The minimum Gasteiger partial charge on any atom is -0.465 e. The number of amides is 2. The van der Waals surface area contributed by atoms with Gasteiger partial charge in [-0.2, -0.15) is 0 Å². The number of nitrogens with zero attached hydrogens (tertiary/aromatic N) is 1. The molecule has 0 saturated heterocycles. The van der Waals surface area contributed by atoms with Gasteiger partial charge in [-0.1, -0.05) is 23.7 Å². The summed E-state index contributed by atoms with van der Waals surface area (Å²) in [6, 6.07) is 7.03. The van der Waals surface area contributed by atoms with E-state index in [4.69, 9.17) is 16.3 Å². The number of thiophene rings is 1. The molecule has 6 nitrogen and oxygen atoms in total. The van der Waals surface area contributed by atoms with Crippen LogP contribution in [0, 0.1) is 6.92 Å². The number of hydrogen-bond donors (Lipinski definition) is 1. The van der Waals surface area contributed by atoms with Crippen molar-refractivity contribution in [3.05, 3.63) is 56.9 Å². The summed E-state index contributed by atoms with van der Waals surface area (Å²) in [6.45, 7) is 1.65. The molecular weight excluding hydrogens is 388 g/mol. The predicted molar refractivity (Wildman–Crippen MR) is 108 cm³/mol. The van der Waals surface area contributed by atoms with Gasteiger partial charge in [-0.05, 0) is 36.3 Å². The van der Waals surface area contributed by atoms with Gasteiger partial charge in [0.05, 0.1) is 17.6 Å². The lowest BCUT2D eigenvalue weighted by Crippen LogP contribution is -2.21. The molecule has 0 fully saturated rings. The maximum atomic E-state index is 12.3. The van der Waals surface area contributed by atoms with Gasteiger partial charge in [0, 0.05) is 25.2 Å². The average molecular weight is 407 g/mol. The summed E-state index contributed by atoms with van der Waals surface area (Å²) >= 11 is 6.96. The number of esters is 1. The van der Waals surface area contributed by atoms with Crippen LogP contribution in [-0.2, 0) is 9.53 Å². The first-order valence-corrected chi connectivity index (χ1v) is 9.12. The van der Waals surface area contributed by atoms with Gasteiger partial charge in [-0.3, -0.25) is 9.59 Å². The molecule has 2 aromatic rings. The first kappa shape index (κ1) is 20.7. The van der Waals surface area contributed by atoms with Gasteiger partial charge in [0.1, 0.15) is 5.00 Å². The van der Waals surface area contributed by atoms with Crippen LogP contribution in [0.5, 0.6) is 0 Å². The van der Waals surface area contributed by atoms with Gasteiger partial charge in [0.15, 0.2) is 0 Å². The Kier molecular flexibility index (Phi) is 6.76. The molecule has 8 heteroatoms. The molecule has 1 N–H and O–H groups in total. The molecule has 0 radical (unpaired) electrons. The molecule has 0 bridgehead atoms. The number of anilines is 1. The number of rotatable bonds is 5. The molecule has 1 heterocycles. The summed E-state index contributed by atoms with van der Waals surface area (Å²) < 4.78 is 4.79. The molecule has 2 amide bonds. The highest BCUT2D eigenvalue weighted by Gasteiger charge is 2.26. The number of hydrogen-bond acceptors (Lipinski definition) is 5. The fraction of sp³-hybridized carbons (Fsp3) is 0.211. The number of methoxy groups -OCH3 is 1. The molecular formula is C19H19ClN2O4S. The third kappa shape index (κ3) is 4.96. The van der Waals surface area contributed by atoms with Crippen molar-refractivity contribution in [2.45, 2.75) is 6.92 Å². The predicted octanol–water partition coefficient (Wildman–Crippen LogP) is 3.85. The SMILES string of the molecule is COC(=O)c1c(NC(=O)/C=C/c2cccc(Cl)c2)sc(C(=O)N(C)C)c1C. The Morgan fingerprint density at radius 1 is 1.26 bits per heavy atom. The minimum absolute atomic E-state index is 0.178. The molecule has 1 aromatic heterocycles. The van der Waals surface area contributed by atoms with E-state index in [9.17, 15) is 14.4 Å². The van der Waals surface area contributed by atoms with Gasteiger partial charge >= 0.3 is 5.97 Å². The minimum atomic E-state index is -0.615. The van der Waals surface area contributed by atoms with Crippen LogP contribution in [0.15, 0.2) is 30.3 Å². The van der Waals surface area contributed by atoms with Crippen LogP contribution in [0.4, 0.5) is 5.00 Å². The van der Waals surface area contributed by atoms with Crippen molar-refractivity contribution in [3.63, 3.8) is 0 Å². The Hall–Kier alpha value is -2.64. The number of ether oxygens (including phenoxy) is 1. The fourth-order valence-electron chi connectivity index (χ4n) is 2.29. The van der Waals surface area contributed by atoms with E-state index in [0.29, 0.717) is 15.5 Å². The van der Waals surface area contributed by atoms with Crippen LogP contribution in [-0.4, -0.2) is 43.9 Å². The lowest BCUT2D eigenvalue weighted by Gasteiger charge is -2.08. The Labute approximate surface area is 166 Å². The lowest BCUT2D eigenvalue weighted by molar-refractivity contribution is -0.111. The maximum Gasteiger partial charge on any atom is 0.341 e. The van der Waals surface area contributed by atoms with Crippen molar-refractivity contribution in [1.82, 2.24) is 4.90 Å². The third-order valence-electron chi connectivity index (χ3n) is 3.65. The lowest BCUT2D eigenvalue weighted by atomic mass is 10.1. The van der Waals surface area contributed by atoms with Crippen molar-refractivity contribution >= 4 is 51.8 Å². The smallest absolute Gasteiger partial charge is 0.341 e. The van der Waals surface area contributed by atoms with E-state index < -0.39 is 11.9 Å². The summed E-state index contributed by atoms with van der Waals surface area (Å²) in [6.07, 6.45) is 2.93. The molecule has 0 spiro atoms. The Morgan fingerprint density at radius 3 is 2.56 bits per heavy atom. The van der Waals surface area contributed by atoms with Crippen LogP contribution >= 0.6 is 22.9 Å². The van der Waals surface area contributed by atoms with Crippen molar-refractivity contribution in [3.8, 4) is 0 Å². The summed E-state index contributed by atoms with van der Waals surface area (Å²) in [5.41, 5.74) is 1.41. The first-order valence-electron chi connectivity index (χ1n) is 7.92. The zero-order valence-electron chi connectivity index (χ0n) is 15.3. The monoisotopic (exact) mass is 406 g/mol. The molecule has 0 unspecified atom stereocenters. The van der Waals surface area contributed by atoms with E-state index in [0.717, 1.165) is 16.9 Å². The molecule has 0 aliphatic heterocycles. The highest BCUT2D eigenvalue weighted by molar-refractivity contribution is 7.18. The van der Waals surface area contributed by atoms with Crippen molar-refractivity contribution in [1.29, 1.82) is 0 Å². The quantitative estimate of drug-likeness (QED) is 0.604. The molecule has 2 rings (SSSR count). The Bertz CT molecular complexity index is 918. The molecule has 1 aromatic carbocycles. The molecule has 27 heavy (non-hydrogen) atoms. The number of halogens is 1. The van der Waals surface area contributed by atoms with Crippen LogP contribution < -0.4 is 5.32 Å². The van der Waals surface area contributed by atoms with E-state index in [2.05, 4.69) is 5.32 Å². The maximum absolute atomic E-state index is 12.3. The van der Waals surface area contributed by atoms with E-state index in [1.54, 1.807) is 51.4 Å². The van der Waals surface area contributed by atoms with Gasteiger partial charge in [0.2, 0.25) is 5.91 Å². The van der Waals surface area contributed by atoms with Crippen LogP contribution in [0.25, 0.3) is 6.08 Å². The van der Waals surface area contributed by atoms with E-state index in [1.807, 2.05) is 0 Å². The topological polar surface area (TPSA) is 75.7 Å². The molecule has 142 valence electrons. The summed E-state index contributed by atoms with van der Waals surface area (Å²) in [4.78, 5) is 38.5. The Balaban J connectivity index is 2.31. The van der Waals surface area contributed by atoms with Crippen molar-refractivity contribution < 1.29 is 19.1 Å². The highest BCUT2D eigenvalue weighted by atomic mass is 35.5. The largest absolute Gasteiger partial charge is 0.465 e. The second kappa shape index (κ2) is 8.83. The number of carbonyl (C=O) groups is 3. The van der Waals surface area contributed by atoms with E-state index >= 15 is 0 Å². The van der Waals surface area contributed by atoms with Gasteiger partial charge in [-0.25, -0.2) is 4.79 Å². The van der Waals surface area contributed by atoms with Crippen LogP contribution in [0.2, 0.25) is 5.02 Å². The Morgan fingerprint density at radius 2 is 1.96 bits per heavy atom. The average Bonchev–Trinajstić information content (AvgIpc) is 2.94. The molecule has 0 saturated carbocycles. The first-order chi connectivity index (χ1) is 12.7. The number of nitrogens with one attached hydrogen (secondary N) is 1. The van der Waals surface area contributed by atoms with E-state index in [1.165, 1.54) is 18.1 Å². The zero-order valence-corrected chi connectivity index (χ0v) is 16.9. The van der Waals surface area contributed by atoms with Crippen molar-refractivity contribution in [2.24, 2.45) is 0 Å². The van der Waals surface area contributed by atoms with Gasteiger partial charge in [0.25, 0.3) is 5.91 Å². The zero-order chi connectivity index (χ0) is 20.1. The third-order valence-corrected chi connectivity index (χ3v) is 5.08. The van der Waals surface area contributed by atoms with Crippen molar-refractivity contribution in [2.75, 3.05) is 26.5 Å². The number of carbonyl (C=O) groups excluding carboxylic acids is 3. The van der Waals surface area contributed by atoms with Crippen LogP contribution in [0.3, 0.4) is 0 Å². The highest BCUT2D eigenvalue weighted by Crippen LogP contribution is 2.34. The van der Waals surface area contributed by atoms with Gasteiger partial charge < -0.3 is 15.0 Å². The molecule has 0 aliphatic carbocycles. The molecule has 0 aliphatic rings. The van der Waals surface area contributed by atoms with E-state index in [-0.39, 0.29) is 16.5 Å². The fourth-order valence-corrected chi connectivity index (χ4v) is 3.71. The summed E-state index contributed by atoms with van der Waals surface area (Å²) in [5, 5.41) is 3.48. The number of benzene rings is 1. The van der Waals surface area contributed by atoms with Gasteiger partial charge in [-0.15, -0.1) is 11.3 Å². The normalized spacial score (nSPS) is 10.7. The summed E-state index contributed by atoms with van der Waals surface area (Å²) in [5.74, 6) is -1.31. The molecule has 0 atom stereocenters. The summed E-state index contributed by atoms with van der Waals surface area (Å²) in [7, 11) is 4.48. The van der Waals surface area contributed by atoms with Crippen LogP contribution in [0.1, 0.15) is 31.2 Å². The second-order valence-electron chi connectivity index (χ2n) is 5.83. The second-order valence-corrected chi connectivity index (χ2v) is 7.29.